The molecule has 0 saturated heterocycles. The summed E-state index contributed by atoms with van der Waals surface area (Å²) in [5.74, 6) is -0.322. The molecular formula is C8H6FNO5S. The average Bonchev–Trinajstić information content (AvgIpc) is 2.16. The van der Waals surface area contributed by atoms with E-state index in [2.05, 4.69) is 9.50 Å². The summed E-state index contributed by atoms with van der Waals surface area (Å²) < 4.78 is 41.6. The van der Waals surface area contributed by atoms with Crippen LogP contribution in [0.1, 0.15) is 0 Å². The van der Waals surface area contributed by atoms with Crippen molar-refractivity contribution in [2.45, 2.75) is 0 Å². The SMILES string of the molecule is O=C1COc2cc(OS(=O)(=O)F)ccc2N1. The van der Waals surface area contributed by atoms with Gasteiger partial charge in [0, 0.05) is 6.07 Å². The van der Waals surface area contributed by atoms with Gasteiger partial charge in [0.2, 0.25) is 0 Å². The van der Waals surface area contributed by atoms with Crippen LogP contribution >= 0.6 is 0 Å². The minimum atomic E-state index is -5.06. The maximum absolute atomic E-state index is 12.2. The summed E-state index contributed by atoms with van der Waals surface area (Å²) in [6.45, 7) is -0.182. The standard InChI is InChI=1S/C8H6FNO5S/c9-16(12,13)15-5-1-2-6-7(3-5)14-4-8(11)10-6/h1-3H,4H2,(H,10,11). The molecular weight excluding hydrogens is 241 g/mol. The van der Waals surface area contributed by atoms with Gasteiger partial charge in [-0.05, 0) is 12.1 Å². The molecule has 1 aliphatic heterocycles. The van der Waals surface area contributed by atoms with Crippen LogP contribution in [0.25, 0.3) is 0 Å². The molecule has 1 N–H and O–H groups in total. The smallest absolute Gasteiger partial charge is 0.481 e. The Balaban J connectivity index is 2.30. The lowest BCUT2D eigenvalue weighted by atomic mass is 10.2. The first-order chi connectivity index (χ1) is 7.44. The van der Waals surface area contributed by atoms with Crippen molar-refractivity contribution >= 4 is 22.1 Å². The fourth-order valence-electron chi connectivity index (χ4n) is 1.22. The van der Waals surface area contributed by atoms with Gasteiger partial charge in [-0.15, -0.1) is 0 Å². The second-order valence-electron chi connectivity index (χ2n) is 2.97. The zero-order valence-corrected chi connectivity index (χ0v) is 8.58. The van der Waals surface area contributed by atoms with Gasteiger partial charge in [0.1, 0.15) is 11.5 Å². The molecule has 0 saturated carbocycles. The van der Waals surface area contributed by atoms with Crippen LogP contribution in [0.15, 0.2) is 18.2 Å². The van der Waals surface area contributed by atoms with Crippen LogP contribution < -0.4 is 14.2 Å². The average molecular weight is 247 g/mol. The van der Waals surface area contributed by atoms with E-state index in [-0.39, 0.29) is 24.0 Å². The summed E-state index contributed by atoms with van der Waals surface area (Å²) in [5, 5.41) is 2.49. The highest BCUT2D eigenvalue weighted by Crippen LogP contribution is 2.32. The lowest BCUT2D eigenvalue weighted by Gasteiger charge is -2.17. The summed E-state index contributed by atoms with van der Waals surface area (Å²) in [7, 11) is -5.06. The molecule has 0 fully saturated rings. The molecule has 0 unspecified atom stereocenters. The van der Waals surface area contributed by atoms with Crippen molar-refractivity contribution < 1.29 is 26.0 Å². The fraction of sp³-hybridized carbons (Fsp3) is 0.125. The van der Waals surface area contributed by atoms with Crippen molar-refractivity contribution in [1.29, 1.82) is 0 Å². The van der Waals surface area contributed by atoms with E-state index in [1.165, 1.54) is 18.2 Å². The van der Waals surface area contributed by atoms with Crippen molar-refractivity contribution in [1.82, 2.24) is 0 Å². The Morgan fingerprint density at radius 1 is 1.44 bits per heavy atom. The van der Waals surface area contributed by atoms with Crippen molar-refractivity contribution in [3.63, 3.8) is 0 Å². The number of hydrogen-bond acceptors (Lipinski definition) is 5. The maximum Gasteiger partial charge on any atom is 0.488 e. The predicted octanol–water partition coefficient (Wildman–Crippen LogP) is 0.611. The van der Waals surface area contributed by atoms with Crippen LogP contribution in [0.3, 0.4) is 0 Å². The van der Waals surface area contributed by atoms with Gasteiger partial charge in [0.15, 0.2) is 6.61 Å². The number of nitrogens with one attached hydrogen (secondary N) is 1. The first kappa shape index (κ1) is 10.7. The molecule has 0 atom stereocenters. The number of anilines is 1. The van der Waals surface area contributed by atoms with E-state index in [1.54, 1.807) is 0 Å². The van der Waals surface area contributed by atoms with E-state index in [0.29, 0.717) is 5.69 Å². The van der Waals surface area contributed by atoms with E-state index in [9.17, 15) is 17.1 Å². The van der Waals surface area contributed by atoms with Gasteiger partial charge in [0.25, 0.3) is 5.91 Å². The molecule has 0 aliphatic carbocycles. The van der Waals surface area contributed by atoms with Crippen LogP contribution in [0.2, 0.25) is 0 Å². The second kappa shape index (κ2) is 3.63. The Kier molecular flexibility index (Phi) is 2.43. The number of carbonyl (C=O) groups is 1. The number of amides is 1. The Morgan fingerprint density at radius 2 is 2.19 bits per heavy atom. The van der Waals surface area contributed by atoms with Crippen molar-refractivity contribution in [2.75, 3.05) is 11.9 Å². The van der Waals surface area contributed by atoms with Gasteiger partial charge in [-0.25, -0.2) is 0 Å². The Morgan fingerprint density at radius 3 is 2.88 bits per heavy atom. The minimum Gasteiger partial charge on any atom is -0.481 e. The molecule has 6 nitrogen and oxygen atoms in total. The molecule has 0 aromatic heterocycles. The number of fused-ring (bicyclic) bond motifs is 1. The lowest BCUT2D eigenvalue weighted by Crippen LogP contribution is -2.25. The molecule has 1 heterocycles. The van der Waals surface area contributed by atoms with Gasteiger partial charge in [-0.1, -0.05) is 3.89 Å². The third kappa shape index (κ3) is 2.40. The molecule has 1 amide bonds. The normalized spacial score (nSPS) is 14.7. The molecule has 16 heavy (non-hydrogen) atoms. The number of ether oxygens (including phenoxy) is 1. The van der Waals surface area contributed by atoms with Gasteiger partial charge < -0.3 is 14.2 Å². The molecule has 8 heteroatoms. The van der Waals surface area contributed by atoms with Gasteiger partial charge in [0.05, 0.1) is 5.69 Å². The van der Waals surface area contributed by atoms with Crippen LogP contribution in [-0.4, -0.2) is 20.9 Å². The number of carbonyl (C=O) groups excluding carboxylic acids is 1. The second-order valence-corrected chi connectivity index (χ2v) is 3.92. The Labute approximate surface area is 90.4 Å². The zero-order chi connectivity index (χ0) is 11.8. The van der Waals surface area contributed by atoms with E-state index in [0.717, 1.165) is 0 Å². The van der Waals surface area contributed by atoms with E-state index < -0.39 is 10.5 Å². The number of benzene rings is 1. The van der Waals surface area contributed by atoms with Crippen molar-refractivity contribution in [2.24, 2.45) is 0 Å². The van der Waals surface area contributed by atoms with E-state index >= 15 is 0 Å². The maximum atomic E-state index is 12.2. The molecule has 0 spiro atoms. The topological polar surface area (TPSA) is 81.7 Å². The summed E-state index contributed by atoms with van der Waals surface area (Å²) in [6, 6.07) is 3.73. The highest BCUT2D eigenvalue weighted by Gasteiger charge is 2.18. The number of hydrogen-bond donors (Lipinski definition) is 1. The monoisotopic (exact) mass is 247 g/mol. The minimum absolute atomic E-state index is 0.182. The zero-order valence-electron chi connectivity index (χ0n) is 7.77. The highest BCUT2D eigenvalue weighted by atomic mass is 32.3. The Hall–Kier alpha value is -1.83. The van der Waals surface area contributed by atoms with Crippen LogP contribution in [0.5, 0.6) is 11.5 Å². The first-order valence-corrected chi connectivity index (χ1v) is 5.46. The molecule has 0 radical (unpaired) electrons. The summed E-state index contributed by atoms with van der Waals surface area (Å²) in [5.41, 5.74) is 0.375. The van der Waals surface area contributed by atoms with Crippen molar-refractivity contribution in [3.05, 3.63) is 18.2 Å². The van der Waals surface area contributed by atoms with Crippen LogP contribution in [0, 0.1) is 0 Å². The summed E-state index contributed by atoms with van der Waals surface area (Å²) in [4.78, 5) is 10.9. The fourth-order valence-corrected chi connectivity index (χ4v) is 1.56. The van der Waals surface area contributed by atoms with Crippen LogP contribution in [-0.2, 0) is 15.3 Å². The number of rotatable bonds is 2. The van der Waals surface area contributed by atoms with Crippen LogP contribution in [0.4, 0.5) is 9.57 Å². The third-order valence-corrected chi connectivity index (χ3v) is 2.17. The van der Waals surface area contributed by atoms with Gasteiger partial charge in [-0.2, -0.15) is 8.42 Å². The molecule has 1 aromatic carbocycles. The lowest BCUT2D eigenvalue weighted by molar-refractivity contribution is -0.118. The molecule has 86 valence electrons. The summed E-state index contributed by atoms with van der Waals surface area (Å²) >= 11 is 0. The Bertz CT molecular complexity index is 541. The molecule has 1 aromatic rings. The molecule has 2 rings (SSSR count). The third-order valence-electron chi connectivity index (χ3n) is 1.78. The van der Waals surface area contributed by atoms with Crippen molar-refractivity contribution in [3.8, 4) is 11.5 Å². The van der Waals surface area contributed by atoms with E-state index in [1.807, 2.05) is 0 Å². The molecule has 1 aliphatic rings. The first-order valence-electron chi connectivity index (χ1n) is 4.15. The predicted molar refractivity (Wildman–Crippen MR) is 51.2 cm³/mol. The highest BCUT2D eigenvalue weighted by molar-refractivity contribution is 7.81. The molecule has 0 bridgehead atoms. The van der Waals surface area contributed by atoms with E-state index in [4.69, 9.17) is 4.74 Å². The largest absolute Gasteiger partial charge is 0.488 e. The summed E-state index contributed by atoms with van der Waals surface area (Å²) in [6.07, 6.45) is 0. The van der Waals surface area contributed by atoms with Gasteiger partial charge in [-0.3, -0.25) is 4.79 Å². The van der Waals surface area contributed by atoms with Gasteiger partial charge >= 0.3 is 10.5 Å². The quantitative estimate of drug-likeness (QED) is 0.774. The number of halogens is 1.